The minimum absolute atomic E-state index is 0.00425. The van der Waals surface area contributed by atoms with Gasteiger partial charge in [-0.1, -0.05) is 26.1 Å². The third-order valence-electron chi connectivity index (χ3n) is 3.51. The van der Waals surface area contributed by atoms with Gasteiger partial charge >= 0.3 is 0 Å². The van der Waals surface area contributed by atoms with E-state index in [1.165, 1.54) is 0 Å². The molecule has 94 valence electrons. The van der Waals surface area contributed by atoms with Gasteiger partial charge in [0.25, 0.3) is 0 Å². The number of methoxy groups -OCH3 is 1. The zero-order chi connectivity index (χ0) is 12.2. The van der Waals surface area contributed by atoms with Crippen molar-refractivity contribution >= 4 is 17.2 Å². The van der Waals surface area contributed by atoms with Gasteiger partial charge in [-0.15, -0.1) is 0 Å². The summed E-state index contributed by atoms with van der Waals surface area (Å²) in [5.41, 5.74) is 5.70. The van der Waals surface area contributed by atoms with Gasteiger partial charge in [-0.2, -0.15) is 0 Å². The SMILES string of the molecule is COC1CCN(CCCC(C)(C)C(N)=S)C1. The average Bonchev–Trinajstić information content (AvgIpc) is 2.65. The third kappa shape index (κ3) is 4.00. The second-order valence-corrected chi connectivity index (χ2v) is 5.74. The molecule has 16 heavy (non-hydrogen) atoms. The van der Waals surface area contributed by atoms with E-state index in [1.807, 2.05) is 0 Å². The van der Waals surface area contributed by atoms with Crippen molar-refractivity contribution in [3.05, 3.63) is 0 Å². The highest BCUT2D eigenvalue weighted by molar-refractivity contribution is 7.80. The smallest absolute Gasteiger partial charge is 0.0784 e. The Morgan fingerprint density at radius 2 is 2.25 bits per heavy atom. The lowest BCUT2D eigenvalue weighted by molar-refractivity contribution is 0.107. The summed E-state index contributed by atoms with van der Waals surface area (Å²) in [7, 11) is 1.80. The first-order chi connectivity index (χ1) is 7.45. The first-order valence-corrected chi connectivity index (χ1v) is 6.41. The van der Waals surface area contributed by atoms with Crippen LogP contribution in [0.5, 0.6) is 0 Å². The molecular weight excluding hydrogens is 220 g/mol. The van der Waals surface area contributed by atoms with Crippen molar-refractivity contribution < 1.29 is 4.74 Å². The van der Waals surface area contributed by atoms with Crippen LogP contribution in [0.25, 0.3) is 0 Å². The standard InChI is InChI=1S/C12H24N2OS/c1-12(2,11(13)16)6-4-7-14-8-5-10(9-14)15-3/h10H,4-9H2,1-3H3,(H2,13,16). The van der Waals surface area contributed by atoms with Gasteiger partial charge in [-0.25, -0.2) is 0 Å². The topological polar surface area (TPSA) is 38.5 Å². The van der Waals surface area contributed by atoms with Crippen molar-refractivity contribution in [2.24, 2.45) is 11.1 Å². The van der Waals surface area contributed by atoms with E-state index >= 15 is 0 Å². The predicted octanol–water partition coefficient (Wildman–Crippen LogP) is 1.80. The van der Waals surface area contributed by atoms with Crippen molar-refractivity contribution in [1.82, 2.24) is 4.90 Å². The van der Waals surface area contributed by atoms with Crippen molar-refractivity contribution in [2.45, 2.75) is 39.2 Å². The Morgan fingerprint density at radius 1 is 1.56 bits per heavy atom. The lowest BCUT2D eigenvalue weighted by atomic mass is 9.88. The predicted molar refractivity (Wildman–Crippen MR) is 71.7 cm³/mol. The van der Waals surface area contributed by atoms with Gasteiger partial charge in [0.15, 0.2) is 0 Å². The van der Waals surface area contributed by atoms with Crippen molar-refractivity contribution in [3.63, 3.8) is 0 Å². The van der Waals surface area contributed by atoms with Crippen LogP contribution in [0.3, 0.4) is 0 Å². The van der Waals surface area contributed by atoms with Crippen LogP contribution in [0, 0.1) is 5.41 Å². The highest BCUT2D eigenvalue weighted by Crippen LogP contribution is 2.23. The summed E-state index contributed by atoms with van der Waals surface area (Å²) < 4.78 is 5.34. The summed E-state index contributed by atoms with van der Waals surface area (Å²) >= 11 is 5.06. The largest absolute Gasteiger partial charge is 0.393 e. The lowest BCUT2D eigenvalue weighted by Gasteiger charge is -2.24. The molecule has 0 amide bonds. The van der Waals surface area contributed by atoms with Crippen molar-refractivity contribution in [1.29, 1.82) is 0 Å². The molecule has 0 saturated carbocycles. The monoisotopic (exact) mass is 244 g/mol. The Hall–Kier alpha value is -0.190. The number of hydrogen-bond acceptors (Lipinski definition) is 3. The first kappa shape index (κ1) is 13.9. The Morgan fingerprint density at radius 3 is 2.75 bits per heavy atom. The van der Waals surface area contributed by atoms with E-state index in [2.05, 4.69) is 18.7 Å². The summed E-state index contributed by atoms with van der Waals surface area (Å²) in [6.07, 6.45) is 3.82. The van der Waals surface area contributed by atoms with Crippen LogP contribution < -0.4 is 5.73 Å². The summed E-state index contributed by atoms with van der Waals surface area (Å²) in [6, 6.07) is 0. The second-order valence-electron chi connectivity index (χ2n) is 5.30. The van der Waals surface area contributed by atoms with Gasteiger partial charge < -0.3 is 15.4 Å². The summed E-state index contributed by atoms with van der Waals surface area (Å²) in [5.74, 6) is 0. The molecule has 1 saturated heterocycles. The molecule has 0 bridgehead atoms. The Kier molecular flexibility index (Phi) is 5.15. The second kappa shape index (κ2) is 5.94. The molecule has 1 unspecified atom stereocenters. The molecule has 3 nitrogen and oxygen atoms in total. The fourth-order valence-corrected chi connectivity index (χ4v) is 2.16. The number of rotatable bonds is 6. The molecule has 1 aliphatic heterocycles. The maximum Gasteiger partial charge on any atom is 0.0784 e. The minimum atomic E-state index is -0.00425. The molecule has 4 heteroatoms. The van der Waals surface area contributed by atoms with E-state index in [4.69, 9.17) is 22.7 Å². The van der Waals surface area contributed by atoms with Crippen LogP contribution in [0.1, 0.15) is 33.1 Å². The van der Waals surface area contributed by atoms with E-state index in [-0.39, 0.29) is 5.41 Å². The zero-order valence-electron chi connectivity index (χ0n) is 10.7. The van der Waals surface area contributed by atoms with Gasteiger partial charge in [0.05, 0.1) is 11.1 Å². The molecule has 1 fully saturated rings. The molecule has 0 radical (unpaired) electrons. The first-order valence-electron chi connectivity index (χ1n) is 6.01. The molecule has 0 spiro atoms. The maximum absolute atomic E-state index is 5.71. The number of ether oxygens (including phenoxy) is 1. The number of hydrogen-bond donors (Lipinski definition) is 1. The molecule has 1 heterocycles. The minimum Gasteiger partial charge on any atom is -0.393 e. The molecule has 0 aliphatic carbocycles. The van der Waals surface area contributed by atoms with Crippen LogP contribution in [-0.2, 0) is 4.74 Å². The van der Waals surface area contributed by atoms with E-state index in [0.717, 1.165) is 38.9 Å². The van der Waals surface area contributed by atoms with Crippen molar-refractivity contribution in [2.75, 3.05) is 26.7 Å². The fourth-order valence-electron chi connectivity index (χ4n) is 2.06. The number of nitrogens with two attached hydrogens (primary N) is 1. The van der Waals surface area contributed by atoms with Gasteiger partial charge in [0, 0.05) is 25.6 Å². The molecule has 1 rings (SSSR count). The fraction of sp³-hybridized carbons (Fsp3) is 0.917. The quantitative estimate of drug-likeness (QED) is 0.723. The van der Waals surface area contributed by atoms with E-state index in [9.17, 15) is 0 Å². The van der Waals surface area contributed by atoms with E-state index in [1.54, 1.807) is 7.11 Å². The van der Waals surface area contributed by atoms with Gasteiger partial charge in [0.1, 0.15) is 0 Å². The Balaban J connectivity index is 2.19. The van der Waals surface area contributed by atoms with Gasteiger partial charge in [-0.05, 0) is 25.8 Å². The van der Waals surface area contributed by atoms with Crippen LogP contribution in [-0.4, -0.2) is 42.7 Å². The number of likely N-dealkylation sites (tertiary alicyclic amines) is 1. The van der Waals surface area contributed by atoms with Crippen LogP contribution in [0.2, 0.25) is 0 Å². The van der Waals surface area contributed by atoms with Gasteiger partial charge in [-0.3, -0.25) is 0 Å². The van der Waals surface area contributed by atoms with Crippen LogP contribution in [0.4, 0.5) is 0 Å². The molecule has 0 aromatic rings. The van der Waals surface area contributed by atoms with Gasteiger partial charge in [0.2, 0.25) is 0 Å². The highest BCUT2D eigenvalue weighted by atomic mass is 32.1. The molecule has 2 N–H and O–H groups in total. The molecule has 1 atom stereocenters. The highest BCUT2D eigenvalue weighted by Gasteiger charge is 2.24. The van der Waals surface area contributed by atoms with E-state index < -0.39 is 0 Å². The normalized spacial score (nSPS) is 22.6. The maximum atomic E-state index is 5.71. The summed E-state index contributed by atoms with van der Waals surface area (Å²) in [5, 5.41) is 0. The molecule has 0 aromatic carbocycles. The summed E-state index contributed by atoms with van der Waals surface area (Å²) in [6.45, 7) is 7.61. The lowest BCUT2D eigenvalue weighted by Crippen LogP contribution is -2.31. The molecule has 0 aromatic heterocycles. The van der Waals surface area contributed by atoms with E-state index in [0.29, 0.717) is 11.1 Å². The Bertz CT molecular complexity index is 243. The molecular formula is C12H24N2OS. The average molecular weight is 244 g/mol. The van der Waals surface area contributed by atoms with Crippen LogP contribution >= 0.6 is 12.2 Å². The zero-order valence-corrected chi connectivity index (χ0v) is 11.5. The van der Waals surface area contributed by atoms with Crippen LogP contribution in [0.15, 0.2) is 0 Å². The Labute approximate surface area is 104 Å². The number of nitrogens with zero attached hydrogens (tertiary/aromatic N) is 1. The third-order valence-corrected chi connectivity index (χ3v) is 4.06. The number of thiocarbonyl (C=S) groups is 1. The molecule has 1 aliphatic rings. The summed E-state index contributed by atoms with van der Waals surface area (Å²) in [4.78, 5) is 3.09. The van der Waals surface area contributed by atoms with Crippen molar-refractivity contribution in [3.8, 4) is 0 Å².